The highest BCUT2D eigenvalue weighted by atomic mass is 14.6. The van der Waals surface area contributed by atoms with E-state index in [1.807, 2.05) is 12.1 Å². The Bertz CT molecular complexity index is 303. The van der Waals surface area contributed by atoms with Gasteiger partial charge < -0.3 is 11.5 Å². The van der Waals surface area contributed by atoms with Gasteiger partial charge in [0, 0.05) is 11.4 Å². The molecule has 1 aromatic carbocycles. The maximum atomic E-state index is 6.01. The number of nitrogen functional groups attached to an aromatic ring is 2. The van der Waals surface area contributed by atoms with Crippen molar-refractivity contribution in [3.8, 4) is 0 Å². The second kappa shape index (κ2) is 3.69. The van der Waals surface area contributed by atoms with Crippen molar-refractivity contribution in [3.05, 3.63) is 23.3 Å². The number of nitrogens with two attached hydrogens (primary N) is 2. The molecule has 4 N–H and O–H groups in total. The van der Waals surface area contributed by atoms with E-state index in [0.717, 1.165) is 28.9 Å². The molecule has 1 aromatic rings. The summed E-state index contributed by atoms with van der Waals surface area (Å²) >= 11 is 0. The van der Waals surface area contributed by atoms with Gasteiger partial charge in [0.25, 0.3) is 0 Å². The molecule has 0 aromatic heterocycles. The predicted molar refractivity (Wildman–Crippen MR) is 58.7 cm³/mol. The number of hydrogen-bond acceptors (Lipinski definition) is 2. The van der Waals surface area contributed by atoms with Gasteiger partial charge in [0.1, 0.15) is 0 Å². The molecule has 1 rings (SSSR count). The van der Waals surface area contributed by atoms with Crippen LogP contribution in [0.5, 0.6) is 0 Å². The fourth-order valence-corrected chi connectivity index (χ4v) is 1.53. The lowest BCUT2D eigenvalue weighted by Gasteiger charge is -2.14. The van der Waals surface area contributed by atoms with Crippen molar-refractivity contribution < 1.29 is 0 Å². The lowest BCUT2D eigenvalue weighted by Crippen LogP contribution is -2.02. The van der Waals surface area contributed by atoms with Crippen molar-refractivity contribution >= 4 is 11.4 Å². The van der Waals surface area contributed by atoms with Gasteiger partial charge in [0.2, 0.25) is 0 Å². The predicted octanol–water partition coefficient (Wildman–Crippen LogP) is 2.54. The average molecular weight is 178 g/mol. The lowest BCUT2D eigenvalue weighted by molar-refractivity contribution is 0.867. The molecule has 0 heterocycles. The standard InChI is InChI=1S/C11H18N2/c1-4-8-5-9(12)6-10(7(2)3)11(8)13/h5-7H,4,12-13H2,1-3H3. The molecular weight excluding hydrogens is 160 g/mol. The molecule has 0 unspecified atom stereocenters. The van der Waals surface area contributed by atoms with Crippen molar-refractivity contribution in [2.75, 3.05) is 11.5 Å². The first-order chi connectivity index (χ1) is 6.06. The highest BCUT2D eigenvalue weighted by molar-refractivity contribution is 5.62. The van der Waals surface area contributed by atoms with Crippen molar-refractivity contribution in [3.63, 3.8) is 0 Å². The largest absolute Gasteiger partial charge is 0.399 e. The summed E-state index contributed by atoms with van der Waals surface area (Å²) in [6.45, 7) is 6.35. The summed E-state index contributed by atoms with van der Waals surface area (Å²) in [7, 11) is 0. The first kappa shape index (κ1) is 9.90. The first-order valence-corrected chi connectivity index (χ1v) is 4.74. The summed E-state index contributed by atoms with van der Waals surface area (Å²) in [5.41, 5.74) is 15.8. The molecule has 0 aliphatic carbocycles. The van der Waals surface area contributed by atoms with Gasteiger partial charge in [0.15, 0.2) is 0 Å². The molecule has 0 amide bonds. The van der Waals surface area contributed by atoms with Crippen molar-refractivity contribution in [2.45, 2.75) is 33.1 Å². The second-order valence-corrected chi connectivity index (χ2v) is 3.69. The van der Waals surface area contributed by atoms with Crippen LogP contribution in [0, 0.1) is 0 Å². The van der Waals surface area contributed by atoms with Crippen LogP contribution in [0.25, 0.3) is 0 Å². The molecule has 2 heteroatoms. The monoisotopic (exact) mass is 178 g/mol. The molecule has 72 valence electrons. The second-order valence-electron chi connectivity index (χ2n) is 3.69. The van der Waals surface area contributed by atoms with E-state index in [-0.39, 0.29) is 0 Å². The van der Waals surface area contributed by atoms with Gasteiger partial charge in [-0.25, -0.2) is 0 Å². The van der Waals surface area contributed by atoms with Crippen LogP contribution in [0.1, 0.15) is 37.8 Å². The molecule has 0 aliphatic rings. The smallest absolute Gasteiger partial charge is 0.0383 e. The zero-order chi connectivity index (χ0) is 10.0. The normalized spacial score (nSPS) is 10.8. The van der Waals surface area contributed by atoms with E-state index in [0.29, 0.717) is 5.92 Å². The van der Waals surface area contributed by atoms with Crippen LogP contribution in [-0.2, 0) is 6.42 Å². The van der Waals surface area contributed by atoms with E-state index in [2.05, 4.69) is 20.8 Å². The van der Waals surface area contributed by atoms with Crippen LogP contribution in [0.2, 0.25) is 0 Å². The van der Waals surface area contributed by atoms with Crippen molar-refractivity contribution in [1.29, 1.82) is 0 Å². The molecule has 13 heavy (non-hydrogen) atoms. The molecule has 0 saturated carbocycles. The van der Waals surface area contributed by atoms with E-state index in [1.165, 1.54) is 0 Å². The van der Waals surface area contributed by atoms with Crippen LogP contribution in [0.4, 0.5) is 11.4 Å². The van der Waals surface area contributed by atoms with Gasteiger partial charge in [-0.3, -0.25) is 0 Å². The number of rotatable bonds is 2. The Morgan fingerprint density at radius 2 is 1.85 bits per heavy atom. The van der Waals surface area contributed by atoms with E-state index < -0.39 is 0 Å². The maximum Gasteiger partial charge on any atom is 0.0383 e. The van der Waals surface area contributed by atoms with Crippen LogP contribution >= 0.6 is 0 Å². The van der Waals surface area contributed by atoms with Gasteiger partial charge in [-0.1, -0.05) is 20.8 Å². The Balaban J connectivity index is 3.27. The average Bonchev–Trinajstić information content (AvgIpc) is 2.08. The first-order valence-electron chi connectivity index (χ1n) is 4.74. The number of anilines is 2. The van der Waals surface area contributed by atoms with Crippen LogP contribution in [-0.4, -0.2) is 0 Å². The van der Waals surface area contributed by atoms with E-state index in [1.54, 1.807) is 0 Å². The third-order valence-electron chi connectivity index (χ3n) is 2.32. The fourth-order valence-electron chi connectivity index (χ4n) is 1.53. The van der Waals surface area contributed by atoms with Crippen LogP contribution < -0.4 is 11.5 Å². The summed E-state index contributed by atoms with van der Waals surface area (Å²) in [4.78, 5) is 0. The summed E-state index contributed by atoms with van der Waals surface area (Å²) in [5.74, 6) is 0.439. The topological polar surface area (TPSA) is 52.0 Å². The SMILES string of the molecule is CCc1cc(N)cc(C(C)C)c1N. The molecule has 0 atom stereocenters. The summed E-state index contributed by atoms with van der Waals surface area (Å²) < 4.78 is 0. The van der Waals surface area contributed by atoms with Crippen LogP contribution in [0.15, 0.2) is 12.1 Å². The number of benzene rings is 1. The van der Waals surface area contributed by atoms with Crippen molar-refractivity contribution in [2.24, 2.45) is 0 Å². The number of hydrogen-bond donors (Lipinski definition) is 2. The zero-order valence-electron chi connectivity index (χ0n) is 8.59. The number of aryl methyl sites for hydroxylation is 1. The van der Waals surface area contributed by atoms with Gasteiger partial charge in [-0.15, -0.1) is 0 Å². The molecule has 2 nitrogen and oxygen atoms in total. The van der Waals surface area contributed by atoms with Gasteiger partial charge in [-0.2, -0.15) is 0 Å². The molecule has 0 saturated heterocycles. The maximum absolute atomic E-state index is 6.01. The molecule has 0 bridgehead atoms. The molecular formula is C11H18N2. The van der Waals surface area contributed by atoms with Gasteiger partial charge in [0.05, 0.1) is 0 Å². The Kier molecular flexibility index (Phi) is 2.81. The highest BCUT2D eigenvalue weighted by Crippen LogP contribution is 2.28. The minimum Gasteiger partial charge on any atom is -0.399 e. The Hall–Kier alpha value is -1.18. The highest BCUT2D eigenvalue weighted by Gasteiger charge is 2.08. The Morgan fingerprint density at radius 3 is 2.31 bits per heavy atom. The third-order valence-corrected chi connectivity index (χ3v) is 2.32. The lowest BCUT2D eigenvalue weighted by atomic mass is 9.96. The third kappa shape index (κ3) is 1.94. The van der Waals surface area contributed by atoms with E-state index in [4.69, 9.17) is 11.5 Å². The fraction of sp³-hybridized carbons (Fsp3) is 0.455. The van der Waals surface area contributed by atoms with Gasteiger partial charge >= 0.3 is 0 Å². The minimum absolute atomic E-state index is 0.439. The quantitative estimate of drug-likeness (QED) is 0.684. The van der Waals surface area contributed by atoms with Crippen molar-refractivity contribution in [1.82, 2.24) is 0 Å². The van der Waals surface area contributed by atoms with E-state index in [9.17, 15) is 0 Å². The molecule has 0 fully saturated rings. The zero-order valence-corrected chi connectivity index (χ0v) is 8.59. The Labute approximate surface area is 79.9 Å². The summed E-state index contributed by atoms with van der Waals surface area (Å²) in [6, 6.07) is 3.93. The minimum atomic E-state index is 0.439. The van der Waals surface area contributed by atoms with E-state index >= 15 is 0 Å². The molecule has 0 radical (unpaired) electrons. The van der Waals surface area contributed by atoms with Crippen LogP contribution in [0.3, 0.4) is 0 Å². The molecule has 0 spiro atoms. The molecule has 0 aliphatic heterocycles. The Morgan fingerprint density at radius 1 is 1.23 bits per heavy atom. The summed E-state index contributed by atoms with van der Waals surface area (Å²) in [6.07, 6.45) is 0.941. The summed E-state index contributed by atoms with van der Waals surface area (Å²) in [5, 5.41) is 0. The van der Waals surface area contributed by atoms with Gasteiger partial charge in [-0.05, 0) is 35.6 Å².